The van der Waals surface area contributed by atoms with Crippen LogP contribution in [0.1, 0.15) is 23.3 Å². The summed E-state index contributed by atoms with van der Waals surface area (Å²) in [5.74, 6) is 0.0329. The average Bonchev–Trinajstić information content (AvgIpc) is 3.05. The molecule has 1 aromatic heterocycles. The highest BCUT2D eigenvalue weighted by Crippen LogP contribution is 2.21. The summed E-state index contributed by atoms with van der Waals surface area (Å²) in [7, 11) is 0. The molecule has 1 saturated heterocycles. The summed E-state index contributed by atoms with van der Waals surface area (Å²) in [5, 5.41) is 4.97. The van der Waals surface area contributed by atoms with Gasteiger partial charge < -0.3 is 10.2 Å². The number of carbonyl (C=O) groups excluding carboxylic acids is 2. The van der Waals surface area contributed by atoms with Gasteiger partial charge in [-0.05, 0) is 55.0 Å². The Labute approximate surface area is 152 Å². The van der Waals surface area contributed by atoms with Gasteiger partial charge in [-0.2, -0.15) is 0 Å². The minimum Gasteiger partial charge on any atom is -0.339 e. The maximum absolute atomic E-state index is 12.3. The summed E-state index contributed by atoms with van der Waals surface area (Å²) in [6.45, 7) is 3.29. The third kappa shape index (κ3) is 4.57. The van der Waals surface area contributed by atoms with Crippen LogP contribution in [0.25, 0.3) is 6.08 Å². The van der Waals surface area contributed by atoms with Gasteiger partial charge in [0.05, 0.1) is 0 Å². The van der Waals surface area contributed by atoms with Crippen LogP contribution >= 0.6 is 11.3 Å². The number of nitrogens with one attached hydrogen (secondary N) is 1. The molecule has 0 unspecified atom stereocenters. The maximum Gasteiger partial charge on any atom is 0.246 e. The number of thiophene rings is 1. The SMILES string of the molecule is Cc1ccsc1/C=C/C(=O)N1CCC(C(=O)Nc2ccccc2)CC1. The number of piperidine rings is 1. The molecule has 2 heterocycles. The van der Waals surface area contributed by atoms with E-state index in [2.05, 4.69) is 5.32 Å². The van der Waals surface area contributed by atoms with E-state index in [9.17, 15) is 9.59 Å². The summed E-state index contributed by atoms with van der Waals surface area (Å²) in [4.78, 5) is 27.6. The summed E-state index contributed by atoms with van der Waals surface area (Å²) >= 11 is 1.63. The van der Waals surface area contributed by atoms with Gasteiger partial charge in [0.2, 0.25) is 11.8 Å². The van der Waals surface area contributed by atoms with Crippen molar-refractivity contribution in [3.05, 3.63) is 58.3 Å². The lowest BCUT2D eigenvalue weighted by atomic mass is 9.95. The van der Waals surface area contributed by atoms with Crippen molar-refractivity contribution < 1.29 is 9.59 Å². The number of likely N-dealkylation sites (tertiary alicyclic amines) is 1. The summed E-state index contributed by atoms with van der Waals surface area (Å²) < 4.78 is 0. The minimum atomic E-state index is -0.0345. The van der Waals surface area contributed by atoms with Crippen molar-refractivity contribution in [1.29, 1.82) is 0 Å². The molecule has 0 saturated carbocycles. The molecule has 130 valence electrons. The molecule has 0 spiro atoms. The fourth-order valence-electron chi connectivity index (χ4n) is 2.94. The number of nitrogens with zero attached hydrogens (tertiary/aromatic N) is 1. The Morgan fingerprint density at radius 1 is 1.16 bits per heavy atom. The summed E-state index contributed by atoms with van der Waals surface area (Å²) in [5.41, 5.74) is 2.01. The number of benzene rings is 1. The van der Waals surface area contributed by atoms with Gasteiger partial charge in [-0.1, -0.05) is 18.2 Å². The molecule has 0 atom stereocenters. The molecular formula is C20H22N2O2S. The zero-order valence-corrected chi connectivity index (χ0v) is 15.1. The Bertz CT molecular complexity index is 759. The third-order valence-corrected chi connectivity index (χ3v) is 5.48. The van der Waals surface area contributed by atoms with E-state index in [0.29, 0.717) is 25.9 Å². The van der Waals surface area contributed by atoms with Gasteiger partial charge in [0, 0.05) is 35.6 Å². The van der Waals surface area contributed by atoms with E-state index in [4.69, 9.17) is 0 Å². The Kier molecular flexibility index (Phi) is 5.66. The molecule has 1 aromatic carbocycles. The highest BCUT2D eigenvalue weighted by molar-refractivity contribution is 7.11. The first-order valence-electron chi connectivity index (χ1n) is 8.50. The number of aryl methyl sites for hydroxylation is 1. The molecular weight excluding hydrogens is 332 g/mol. The van der Waals surface area contributed by atoms with Crippen molar-refractivity contribution in [2.24, 2.45) is 5.92 Å². The molecule has 1 N–H and O–H groups in total. The fourth-order valence-corrected chi connectivity index (χ4v) is 3.75. The van der Waals surface area contributed by atoms with Gasteiger partial charge >= 0.3 is 0 Å². The highest BCUT2D eigenvalue weighted by atomic mass is 32.1. The van der Waals surface area contributed by atoms with Gasteiger partial charge in [-0.3, -0.25) is 9.59 Å². The first-order valence-corrected chi connectivity index (χ1v) is 9.38. The molecule has 25 heavy (non-hydrogen) atoms. The molecule has 4 nitrogen and oxygen atoms in total. The van der Waals surface area contributed by atoms with Crippen LogP contribution in [-0.2, 0) is 9.59 Å². The van der Waals surface area contributed by atoms with Crippen molar-refractivity contribution in [2.45, 2.75) is 19.8 Å². The van der Waals surface area contributed by atoms with E-state index in [-0.39, 0.29) is 17.7 Å². The van der Waals surface area contributed by atoms with Crippen LogP contribution in [-0.4, -0.2) is 29.8 Å². The van der Waals surface area contributed by atoms with E-state index in [1.807, 2.05) is 59.7 Å². The topological polar surface area (TPSA) is 49.4 Å². The Hall–Kier alpha value is -2.40. The lowest BCUT2D eigenvalue weighted by Crippen LogP contribution is -2.40. The van der Waals surface area contributed by atoms with Gasteiger partial charge in [0.25, 0.3) is 0 Å². The number of para-hydroxylation sites is 1. The van der Waals surface area contributed by atoms with Crippen LogP contribution in [0.3, 0.4) is 0 Å². The van der Waals surface area contributed by atoms with E-state index >= 15 is 0 Å². The second-order valence-electron chi connectivity index (χ2n) is 6.26. The predicted octanol–water partition coefficient (Wildman–Crippen LogP) is 3.95. The maximum atomic E-state index is 12.3. The number of rotatable bonds is 4. The van der Waals surface area contributed by atoms with Crippen LogP contribution in [0.2, 0.25) is 0 Å². The molecule has 0 radical (unpaired) electrons. The molecule has 0 bridgehead atoms. The van der Waals surface area contributed by atoms with Crippen molar-refractivity contribution in [3.8, 4) is 0 Å². The number of amides is 2. The Morgan fingerprint density at radius 2 is 1.88 bits per heavy atom. The van der Waals surface area contributed by atoms with E-state index in [0.717, 1.165) is 10.6 Å². The van der Waals surface area contributed by atoms with E-state index in [1.54, 1.807) is 17.4 Å². The largest absolute Gasteiger partial charge is 0.339 e. The summed E-state index contributed by atoms with van der Waals surface area (Å²) in [6.07, 6.45) is 4.94. The lowest BCUT2D eigenvalue weighted by Gasteiger charge is -2.30. The minimum absolute atomic E-state index is 0.0229. The van der Waals surface area contributed by atoms with Crippen molar-refractivity contribution in [3.63, 3.8) is 0 Å². The van der Waals surface area contributed by atoms with E-state index in [1.165, 1.54) is 5.56 Å². The molecule has 0 aliphatic carbocycles. The quantitative estimate of drug-likeness (QED) is 0.845. The molecule has 1 fully saturated rings. The normalized spacial score (nSPS) is 15.5. The summed E-state index contributed by atoms with van der Waals surface area (Å²) in [6, 6.07) is 11.5. The van der Waals surface area contributed by atoms with Gasteiger partial charge in [-0.15, -0.1) is 11.3 Å². The smallest absolute Gasteiger partial charge is 0.246 e. The van der Waals surface area contributed by atoms with Crippen molar-refractivity contribution in [1.82, 2.24) is 4.90 Å². The molecule has 1 aliphatic heterocycles. The van der Waals surface area contributed by atoms with Gasteiger partial charge in [-0.25, -0.2) is 0 Å². The first kappa shape index (κ1) is 17.4. The lowest BCUT2D eigenvalue weighted by molar-refractivity contribution is -0.130. The van der Waals surface area contributed by atoms with Crippen molar-refractivity contribution >= 4 is 34.9 Å². The highest BCUT2D eigenvalue weighted by Gasteiger charge is 2.26. The monoisotopic (exact) mass is 354 g/mol. The molecule has 3 rings (SSSR count). The average molecular weight is 354 g/mol. The zero-order valence-electron chi connectivity index (χ0n) is 14.3. The van der Waals surface area contributed by atoms with E-state index < -0.39 is 0 Å². The number of hydrogen-bond donors (Lipinski definition) is 1. The first-order chi connectivity index (χ1) is 12.1. The predicted molar refractivity (Wildman–Crippen MR) is 102 cm³/mol. The molecule has 2 amide bonds. The van der Waals surface area contributed by atoms with Crippen LogP contribution < -0.4 is 5.32 Å². The number of anilines is 1. The molecule has 5 heteroatoms. The molecule has 1 aliphatic rings. The molecule has 2 aromatic rings. The van der Waals surface area contributed by atoms with Gasteiger partial charge in [0.15, 0.2) is 0 Å². The van der Waals surface area contributed by atoms with Crippen LogP contribution in [0.4, 0.5) is 5.69 Å². The second kappa shape index (κ2) is 8.12. The number of hydrogen-bond acceptors (Lipinski definition) is 3. The number of carbonyl (C=O) groups is 2. The van der Waals surface area contributed by atoms with Crippen LogP contribution in [0, 0.1) is 12.8 Å². The standard InChI is InChI=1S/C20H22N2O2S/c1-15-11-14-25-18(15)7-8-19(23)22-12-9-16(10-13-22)20(24)21-17-5-3-2-4-6-17/h2-8,11,14,16H,9-10,12-13H2,1H3,(H,21,24)/b8-7+. The Balaban J connectivity index is 1.49. The van der Waals surface area contributed by atoms with Gasteiger partial charge in [0.1, 0.15) is 0 Å². The Morgan fingerprint density at radius 3 is 2.52 bits per heavy atom. The third-order valence-electron chi connectivity index (χ3n) is 4.50. The zero-order chi connectivity index (χ0) is 17.6. The van der Waals surface area contributed by atoms with Crippen molar-refractivity contribution in [2.75, 3.05) is 18.4 Å². The van der Waals surface area contributed by atoms with Crippen LogP contribution in [0.5, 0.6) is 0 Å². The second-order valence-corrected chi connectivity index (χ2v) is 7.20. The van der Waals surface area contributed by atoms with Crippen LogP contribution in [0.15, 0.2) is 47.9 Å². The fraction of sp³-hybridized carbons (Fsp3) is 0.300.